The minimum atomic E-state index is 0.0344. The normalized spacial score (nSPS) is 10.9. The molecule has 0 aliphatic rings. The van der Waals surface area contributed by atoms with Gasteiger partial charge in [0.1, 0.15) is 5.52 Å². The molecule has 0 unspecified atom stereocenters. The summed E-state index contributed by atoms with van der Waals surface area (Å²) in [5.74, 6) is 0.631. The summed E-state index contributed by atoms with van der Waals surface area (Å²) in [7, 11) is 0. The van der Waals surface area contributed by atoms with Gasteiger partial charge < -0.3 is 0 Å². The van der Waals surface area contributed by atoms with Crippen molar-refractivity contribution < 1.29 is 4.79 Å². The average Bonchev–Trinajstić information content (AvgIpc) is 3.10. The maximum absolute atomic E-state index is 12.8. The van der Waals surface area contributed by atoms with Crippen molar-refractivity contribution in [1.82, 2.24) is 15.0 Å². The number of fused-ring (bicyclic) bond motifs is 1. The van der Waals surface area contributed by atoms with Crippen LogP contribution in [0.25, 0.3) is 11.0 Å². The van der Waals surface area contributed by atoms with Gasteiger partial charge in [-0.1, -0.05) is 59.8 Å². The lowest BCUT2D eigenvalue weighted by molar-refractivity contribution is 0.103. The lowest BCUT2D eigenvalue weighted by atomic mass is 10.0. The standard InChI is InChI=1S/C20H15N3OS/c24-20(15-8-2-1-3-9-15)16-10-4-7-13-19(16)25-14-23-18-12-6-5-11-17(18)21-22-23/h1-13H,14H2. The molecule has 0 aliphatic heterocycles. The SMILES string of the molecule is O=C(c1ccccc1)c1ccccc1SCn1nnc2ccccc21. The first-order valence-corrected chi connectivity index (χ1v) is 8.91. The second kappa shape index (κ2) is 6.91. The summed E-state index contributed by atoms with van der Waals surface area (Å²) in [5.41, 5.74) is 3.27. The highest BCUT2D eigenvalue weighted by Gasteiger charge is 2.14. The molecule has 0 saturated carbocycles. The van der Waals surface area contributed by atoms with Gasteiger partial charge in [0.25, 0.3) is 0 Å². The molecule has 1 aromatic heterocycles. The molecule has 122 valence electrons. The van der Waals surface area contributed by atoms with Crippen LogP contribution in [0.3, 0.4) is 0 Å². The summed E-state index contributed by atoms with van der Waals surface area (Å²) in [5, 5.41) is 8.37. The van der Waals surface area contributed by atoms with E-state index in [9.17, 15) is 4.79 Å². The van der Waals surface area contributed by atoms with Crippen LogP contribution in [0.4, 0.5) is 0 Å². The maximum atomic E-state index is 12.8. The van der Waals surface area contributed by atoms with Gasteiger partial charge in [0, 0.05) is 16.0 Å². The first-order chi connectivity index (χ1) is 12.3. The number of aromatic nitrogens is 3. The van der Waals surface area contributed by atoms with Gasteiger partial charge in [-0.3, -0.25) is 4.79 Å². The number of rotatable bonds is 5. The van der Waals surface area contributed by atoms with Crippen molar-refractivity contribution in [3.8, 4) is 0 Å². The maximum Gasteiger partial charge on any atom is 0.194 e. The Bertz CT molecular complexity index is 1030. The molecule has 0 fully saturated rings. The summed E-state index contributed by atoms with van der Waals surface area (Å²) >= 11 is 1.58. The van der Waals surface area contributed by atoms with Crippen LogP contribution in [0.5, 0.6) is 0 Å². The number of thioether (sulfide) groups is 1. The Balaban J connectivity index is 1.60. The van der Waals surface area contributed by atoms with Crippen molar-refractivity contribution >= 4 is 28.6 Å². The van der Waals surface area contributed by atoms with Gasteiger partial charge in [0.05, 0.1) is 11.4 Å². The molecule has 0 bridgehead atoms. The van der Waals surface area contributed by atoms with Gasteiger partial charge in [-0.15, -0.1) is 16.9 Å². The fourth-order valence-corrected chi connectivity index (χ4v) is 3.61. The Morgan fingerprint density at radius 1 is 0.880 bits per heavy atom. The van der Waals surface area contributed by atoms with E-state index in [0.29, 0.717) is 17.0 Å². The van der Waals surface area contributed by atoms with Crippen molar-refractivity contribution in [3.63, 3.8) is 0 Å². The molecule has 5 heteroatoms. The quantitative estimate of drug-likeness (QED) is 0.397. The minimum Gasteiger partial charge on any atom is -0.289 e. The van der Waals surface area contributed by atoms with Crippen molar-refractivity contribution in [2.24, 2.45) is 0 Å². The third-order valence-electron chi connectivity index (χ3n) is 3.93. The molecule has 3 aromatic carbocycles. The number of benzene rings is 3. The van der Waals surface area contributed by atoms with E-state index in [0.717, 1.165) is 15.9 Å². The minimum absolute atomic E-state index is 0.0344. The third kappa shape index (κ3) is 3.19. The van der Waals surface area contributed by atoms with Gasteiger partial charge in [0.2, 0.25) is 0 Å². The van der Waals surface area contributed by atoms with Crippen LogP contribution in [0, 0.1) is 0 Å². The second-order valence-corrected chi connectivity index (χ2v) is 6.53. The van der Waals surface area contributed by atoms with Crippen LogP contribution < -0.4 is 0 Å². The van der Waals surface area contributed by atoms with Gasteiger partial charge in [-0.05, 0) is 24.3 Å². The Kier molecular flexibility index (Phi) is 4.31. The average molecular weight is 345 g/mol. The number of nitrogens with zero attached hydrogens (tertiary/aromatic N) is 3. The monoisotopic (exact) mass is 345 g/mol. The fraction of sp³-hybridized carbons (Fsp3) is 0.0500. The van der Waals surface area contributed by atoms with Crippen LogP contribution in [-0.4, -0.2) is 20.8 Å². The predicted octanol–water partition coefficient (Wildman–Crippen LogP) is 4.41. The van der Waals surface area contributed by atoms with Gasteiger partial charge in [-0.2, -0.15) is 0 Å². The van der Waals surface area contributed by atoms with E-state index in [-0.39, 0.29) is 5.78 Å². The third-order valence-corrected chi connectivity index (χ3v) is 4.97. The lowest BCUT2D eigenvalue weighted by Crippen LogP contribution is -2.04. The van der Waals surface area contributed by atoms with Crippen LogP contribution in [0.2, 0.25) is 0 Å². The van der Waals surface area contributed by atoms with E-state index in [2.05, 4.69) is 10.3 Å². The molecular weight excluding hydrogens is 330 g/mol. The molecule has 4 nitrogen and oxygen atoms in total. The summed E-state index contributed by atoms with van der Waals surface area (Å²) in [6, 6.07) is 24.9. The highest BCUT2D eigenvalue weighted by molar-refractivity contribution is 7.98. The number of ketones is 1. The van der Waals surface area contributed by atoms with Crippen molar-refractivity contribution in [1.29, 1.82) is 0 Å². The predicted molar refractivity (Wildman–Crippen MR) is 99.7 cm³/mol. The van der Waals surface area contributed by atoms with Crippen LogP contribution >= 0.6 is 11.8 Å². The molecular formula is C20H15N3OS. The first-order valence-electron chi connectivity index (χ1n) is 7.93. The zero-order valence-corrected chi connectivity index (χ0v) is 14.2. The molecule has 0 aliphatic carbocycles. The largest absolute Gasteiger partial charge is 0.289 e. The molecule has 0 atom stereocenters. The number of para-hydroxylation sites is 1. The lowest BCUT2D eigenvalue weighted by Gasteiger charge is -2.09. The summed E-state index contributed by atoms with van der Waals surface area (Å²) < 4.78 is 1.85. The Hall–Kier alpha value is -2.92. The van der Waals surface area contributed by atoms with E-state index in [4.69, 9.17) is 0 Å². The van der Waals surface area contributed by atoms with Crippen LogP contribution in [0.1, 0.15) is 15.9 Å². The molecule has 0 N–H and O–H groups in total. The summed E-state index contributed by atoms with van der Waals surface area (Å²) in [4.78, 5) is 13.7. The molecule has 0 radical (unpaired) electrons. The summed E-state index contributed by atoms with van der Waals surface area (Å²) in [6.45, 7) is 0. The number of carbonyl (C=O) groups excluding carboxylic acids is 1. The highest BCUT2D eigenvalue weighted by Crippen LogP contribution is 2.27. The van der Waals surface area contributed by atoms with Crippen LogP contribution in [0.15, 0.2) is 83.8 Å². The van der Waals surface area contributed by atoms with E-state index in [1.807, 2.05) is 83.5 Å². The van der Waals surface area contributed by atoms with Crippen molar-refractivity contribution in [3.05, 3.63) is 90.0 Å². The van der Waals surface area contributed by atoms with Gasteiger partial charge >= 0.3 is 0 Å². The topological polar surface area (TPSA) is 47.8 Å². The smallest absolute Gasteiger partial charge is 0.194 e. The summed E-state index contributed by atoms with van der Waals surface area (Å²) in [6.07, 6.45) is 0. The second-order valence-electron chi connectivity index (χ2n) is 5.54. The number of hydrogen-bond donors (Lipinski definition) is 0. The first kappa shape index (κ1) is 15.6. The molecule has 25 heavy (non-hydrogen) atoms. The van der Waals surface area contributed by atoms with E-state index in [1.54, 1.807) is 11.8 Å². The Labute approximate surface area is 149 Å². The van der Waals surface area contributed by atoms with E-state index in [1.165, 1.54) is 0 Å². The van der Waals surface area contributed by atoms with Crippen molar-refractivity contribution in [2.75, 3.05) is 0 Å². The highest BCUT2D eigenvalue weighted by atomic mass is 32.2. The molecule has 0 saturated heterocycles. The molecule has 4 aromatic rings. The Morgan fingerprint density at radius 3 is 2.48 bits per heavy atom. The van der Waals surface area contributed by atoms with E-state index < -0.39 is 0 Å². The van der Waals surface area contributed by atoms with Gasteiger partial charge in [-0.25, -0.2) is 4.68 Å². The molecule has 4 rings (SSSR count). The van der Waals surface area contributed by atoms with Crippen molar-refractivity contribution in [2.45, 2.75) is 10.8 Å². The molecule has 0 amide bonds. The van der Waals surface area contributed by atoms with Gasteiger partial charge in [0.15, 0.2) is 5.78 Å². The zero-order valence-electron chi connectivity index (χ0n) is 13.4. The number of carbonyl (C=O) groups is 1. The zero-order chi connectivity index (χ0) is 17.1. The Morgan fingerprint density at radius 2 is 1.60 bits per heavy atom. The number of hydrogen-bond acceptors (Lipinski definition) is 4. The van der Waals surface area contributed by atoms with E-state index >= 15 is 0 Å². The molecule has 1 heterocycles. The molecule has 0 spiro atoms. The van der Waals surface area contributed by atoms with Crippen LogP contribution in [-0.2, 0) is 5.88 Å². The fourth-order valence-electron chi connectivity index (χ4n) is 2.67.